The van der Waals surface area contributed by atoms with Crippen LogP contribution < -0.4 is 15.8 Å². The third-order valence-electron chi connectivity index (χ3n) is 1.99. The molecule has 0 aromatic carbocycles. The number of rotatable bonds is 7. The Hall–Kier alpha value is -1.12. The molecule has 0 radical (unpaired) electrons. The maximum atomic E-state index is 11.7. The fourth-order valence-electron chi connectivity index (χ4n) is 1.15. The Bertz CT molecular complexity index is 468. The lowest BCUT2D eigenvalue weighted by Gasteiger charge is -2.07. The van der Waals surface area contributed by atoms with Gasteiger partial charge in [0, 0.05) is 19.6 Å². The maximum absolute atomic E-state index is 11.7. The fraction of sp³-hybridized carbons (Fsp3) is 0.500. The van der Waals surface area contributed by atoms with Gasteiger partial charge in [0.25, 0.3) is 0 Å². The molecule has 102 valence electrons. The van der Waals surface area contributed by atoms with Crippen LogP contribution in [-0.2, 0) is 10.0 Å². The van der Waals surface area contributed by atoms with E-state index in [1.807, 2.05) is 6.92 Å². The van der Waals surface area contributed by atoms with E-state index in [1.165, 1.54) is 11.3 Å². The maximum Gasteiger partial charge on any atom is 0.250 e. The zero-order valence-electron chi connectivity index (χ0n) is 10.2. The lowest BCUT2D eigenvalue weighted by molar-refractivity contribution is 0.583. The van der Waals surface area contributed by atoms with E-state index in [0.717, 1.165) is 6.42 Å². The van der Waals surface area contributed by atoms with Gasteiger partial charge in [-0.3, -0.25) is 4.99 Å². The Kier molecular flexibility index (Phi) is 6.10. The molecule has 8 heteroatoms. The Morgan fingerprint density at radius 3 is 2.89 bits per heavy atom. The van der Waals surface area contributed by atoms with Gasteiger partial charge in [-0.15, -0.1) is 11.3 Å². The van der Waals surface area contributed by atoms with Gasteiger partial charge in [-0.2, -0.15) is 0 Å². The summed E-state index contributed by atoms with van der Waals surface area (Å²) in [6.45, 7) is 3.35. The van der Waals surface area contributed by atoms with Crippen molar-refractivity contribution in [2.75, 3.05) is 19.6 Å². The first-order valence-electron chi connectivity index (χ1n) is 5.63. The van der Waals surface area contributed by atoms with Crippen molar-refractivity contribution in [1.82, 2.24) is 10.0 Å². The highest BCUT2D eigenvalue weighted by Crippen LogP contribution is 2.14. The van der Waals surface area contributed by atoms with Gasteiger partial charge in [-0.1, -0.05) is 13.0 Å². The summed E-state index contributed by atoms with van der Waals surface area (Å²) in [4.78, 5) is 4.03. The van der Waals surface area contributed by atoms with E-state index in [2.05, 4.69) is 15.0 Å². The molecular formula is C10H18N4O2S2. The molecule has 0 atom stereocenters. The van der Waals surface area contributed by atoms with E-state index >= 15 is 0 Å². The molecule has 0 saturated heterocycles. The molecule has 0 aliphatic carbocycles. The number of sulfonamides is 1. The molecule has 18 heavy (non-hydrogen) atoms. The van der Waals surface area contributed by atoms with Gasteiger partial charge in [0.2, 0.25) is 10.0 Å². The minimum absolute atomic E-state index is 0.266. The molecule has 0 aliphatic rings. The number of nitrogens with one attached hydrogen (secondary N) is 2. The molecule has 4 N–H and O–H groups in total. The van der Waals surface area contributed by atoms with Crippen LogP contribution in [0.1, 0.15) is 13.3 Å². The van der Waals surface area contributed by atoms with Crippen molar-refractivity contribution in [3.63, 3.8) is 0 Å². The van der Waals surface area contributed by atoms with Crippen molar-refractivity contribution in [3.8, 4) is 0 Å². The smallest absolute Gasteiger partial charge is 0.250 e. The number of nitrogens with two attached hydrogens (primary N) is 1. The molecule has 0 spiro atoms. The number of guanidine groups is 1. The van der Waals surface area contributed by atoms with Crippen molar-refractivity contribution in [2.45, 2.75) is 17.6 Å². The summed E-state index contributed by atoms with van der Waals surface area (Å²) in [5.74, 6) is 0.340. The molecule has 0 amide bonds. The molecular weight excluding hydrogens is 272 g/mol. The van der Waals surface area contributed by atoms with Crippen LogP contribution in [0.25, 0.3) is 0 Å². The summed E-state index contributed by atoms with van der Waals surface area (Å²) >= 11 is 1.19. The highest BCUT2D eigenvalue weighted by molar-refractivity contribution is 7.91. The molecule has 0 bridgehead atoms. The average molecular weight is 290 g/mol. The van der Waals surface area contributed by atoms with Crippen LogP contribution in [0.4, 0.5) is 0 Å². The van der Waals surface area contributed by atoms with Gasteiger partial charge < -0.3 is 11.1 Å². The molecule has 0 unspecified atom stereocenters. The first kappa shape index (κ1) is 14.9. The molecule has 1 aromatic heterocycles. The lowest BCUT2D eigenvalue weighted by Crippen LogP contribution is -2.38. The van der Waals surface area contributed by atoms with Crippen molar-refractivity contribution >= 4 is 27.3 Å². The van der Waals surface area contributed by atoms with Crippen LogP contribution in [0.15, 0.2) is 26.7 Å². The van der Waals surface area contributed by atoms with Crippen LogP contribution >= 0.6 is 11.3 Å². The standard InChI is InChI=1S/C10H18N4O2S2/c1-2-5-12-10(11)13-6-7-14-18(15,16)9-4-3-8-17-9/h3-4,8,14H,2,5-7H2,1H3,(H3,11,12,13). The fourth-order valence-corrected chi connectivity index (χ4v) is 3.22. The van der Waals surface area contributed by atoms with E-state index in [-0.39, 0.29) is 6.54 Å². The van der Waals surface area contributed by atoms with Crippen LogP contribution in [0.2, 0.25) is 0 Å². The van der Waals surface area contributed by atoms with Gasteiger partial charge in [0.05, 0.1) is 0 Å². The highest BCUT2D eigenvalue weighted by atomic mass is 32.2. The first-order chi connectivity index (χ1) is 8.56. The van der Waals surface area contributed by atoms with Crippen LogP contribution in [-0.4, -0.2) is 34.0 Å². The summed E-state index contributed by atoms with van der Waals surface area (Å²) in [6, 6.07) is 3.27. The van der Waals surface area contributed by atoms with E-state index in [9.17, 15) is 8.42 Å². The number of thiophene rings is 1. The SMILES string of the molecule is CCCN=C(N)NCCNS(=O)(=O)c1cccs1. The van der Waals surface area contributed by atoms with Crippen LogP contribution in [0.5, 0.6) is 0 Å². The normalized spacial score (nSPS) is 12.6. The second-order valence-corrected chi connectivity index (χ2v) is 6.47. The summed E-state index contributed by atoms with van der Waals surface area (Å²) in [5.41, 5.74) is 5.57. The second-order valence-electron chi connectivity index (χ2n) is 3.52. The monoisotopic (exact) mass is 290 g/mol. The Balaban J connectivity index is 2.30. The molecule has 1 heterocycles. The molecule has 1 aromatic rings. The van der Waals surface area contributed by atoms with Gasteiger partial charge in [-0.25, -0.2) is 13.1 Å². The highest BCUT2D eigenvalue weighted by Gasteiger charge is 2.13. The largest absolute Gasteiger partial charge is 0.370 e. The number of nitrogens with zero attached hydrogens (tertiary/aromatic N) is 1. The first-order valence-corrected chi connectivity index (χ1v) is 7.99. The molecule has 1 rings (SSSR count). The van der Waals surface area contributed by atoms with Gasteiger partial charge >= 0.3 is 0 Å². The van der Waals surface area contributed by atoms with Crippen molar-refractivity contribution in [3.05, 3.63) is 17.5 Å². The zero-order valence-corrected chi connectivity index (χ0v) is 11.9. The number of hydrogen-bond acceptors (Lipinski definition) is 4. The van der Waals surface area contributed by atoms with Crippen LogP contribution in [0.3, 0.4) is 0 Å². The van der Waals surface area contributed by atoms with Crippen molar-refractivity contribution in [2.24, 2.45) is 10.7 Å². The quantitative estimate of drug-likeness (QED) is 0.383. The molecule has 0 saturated carbocycles. The third-order valence-corrected chi connectivity index (χ3v) is 4.85. The molecule has 0 aliphatic heterocycles. The number of aliphatic imine (C=N–C) groups is 1. The summed E-state index contributed by atoms with van der Waals surface area (Å²) in [7, 11) is -3.38. The third kappa shape index (κ3) is 5.03. The van der Waals surface area contributed by atoms with E-state index in [4.69, 9.17) is 5.73 Å². The summed E-state index contributed by atoms with van der Waals surface area (Å²) in [6.07, 6.45) is 0.924. The minimum atomic E-state index is -3.38. The second kappa shape index (κ2) is 7.34. The van der Waals surface area contributed by atoms with Crippen molar-refractivity contribution in [1.29, 1.82) is 0 Å². The van der Waals surface area contributed by atoms with Crippen molar-refractivity contribution < 1.29 is 8.42 Å². The van der Waals surface area contributed by atoms with Gasteiger partial charge in [0.15, 0.2) is 5.96 Å². The Morgan fingerprint density at radius 1 is 1.50 bits per heavy atom. The molecule has 6 nitrogen and oxygen atoms in total. The predicted octanol–water partition coefficient (Wildman–Crippen LogP) is 0.341. The van der Waals surface area contributed by atoms with Crippen LogP contribution in [0, 0.1) is 0 Å². The summed E-state index contributed by atoms with van der Waals surface area (Å²) in [5, 5.41) is 4.56. The average Bonchev–Trinajstić information content (AvgIpc) is 2.86. The van der Waals surface area contributed by atoms with Gasteiger partial charge in [-0.05, 0) is 17.9 Å². The Labute approximate surface area is 111 Å². The Morgan fingerprint density at radius 2 is 2.28 bits per heavy atom. The minimum Gasteiger partial charge on any atom is -0.370 e. The van der Waals surface area contributed by atoms with E-state index in [1.54, 1.807) is 17.5 Å². The lowest BCUT2D eigenvalue weighted by atomic mass is 10.5. The number of hydrogen-bond donors (Lipinski definition) is 3. The van der Waals surface area contributed by atoms with E-state index in [0.29, 0.717) is 23.3 Å². The van der Waals surface area contributed by atoms with Gasteiger partial charge in [0.1, 0.15) is 4.21 Å². The predicted molar refractivity (Wildman–Crippen MR) is 74.3 cm³/mol. The van der Waals surface area contributed by atoms with E-state index < -0.39 is 10.0 Å². The molecule has 0 fully saturated rings. The zero-order chi connectivity index (χ0) is 13.4. The summed E-state index contributed by atoms with van der Waals surface area (Å²) < 4.78 is 26.2. The topological polar surface area (TPSA) is 96.6 Å².